The maximum Gasteiger partial charge on any atom is 0.267 e. The van der Waals surface area contributed by atoms with Crippen molar-refractivity contribution in [3.63, 3.8) is 0 Å². The van der Waals surface area contributed by atoms with Crippen molar-refractivity contribution in [1.82, 2.24) is 24.6 Å². The van der Waals surface area contributed by atoms with Crippen LogP contribution in [-0.2, 0) is 22.9 Å². The van der Waals surface area contributed by atoms with E-state index in [0.717, 1.165) is 39.9 Å². The molecule has 0 saturated carbocycles. The molecule has 2 aromatic carbocycles. The molecule has 0 saturated heterocycles. The third-order valence-electron chi connectivity index (χ3n) is 4.91. The zero-order valence-corrected chi connectivity index (χ0v) is 17.9. The number of ketones is 1. The molecule has 4 aromatic rings. The van der Waals surface area contributed by atoms with Crippen molar-refractivity contribution in [2.45, 2.75) is 17.7 Å². The van der Waals surface area contributed by atoms with Gasteiger partial charge in [0.2, 0.25) is 5.82 Å². The topological polar surface area (TPSA) is 131 Å². The van der Waals surface area contributed by atoms with Crippen molar-refractivity contribution in [2.24, 2.45) is 0 Å². The van der Waals surface area contributed by atoms with E-state index in [0.29, 0.717) is 18.4 Å². The number of benzene rings is 2. The number of tetrazole rings is 1. The predicted octanol–water partition coefficient (Wildman–Crippen LogP) is 2.94. The third kappa shape index (κ3) is 4.88. The highest BCUT2D eigenvalue weighted by atomic mass is 32.2. The fourth-order valence-corrected chi connectivity index (χ4v) is 4.45. The molecule has 11 heteroatoms. The summed E-state index contributed by atoms with van der Waals surface area (Å²) in [5.41, 5.74) is 1.56. The molecule has 0 unspecified atom stereocenters. The second kappa shape index (κ2) is 9.17. The van der Waals surface area contributed by atoms with Gasteiger partial charge in [0.15, 0.2) is 11.5 Å². The minimum absolute atomic E-state index is 0.0895. The Morgan fingerprint density at radius 2 is 1.79 bits per heavy atom. The van der Waals surface area contributed by atoms with Gasteiger partial charge in [-0.1, -0.05) is 30.3 Å². The van der Waals surface area contributed by atoms with E-state index >= 15 is 0 Å². The lowest BCUT2D eigenvalue weighted by atomic mass is 10.0. The highest BCUT2D eigenvalue weighted by Gasteiger charge is 2.22. The van der Waals surface area contributed by atoms with Gasteiger partial charge in [0.25, 0.3) is 10.0 Å². The summed E-state index contributed by atoms with van der Waals surface area (Å²) >= 11 is 0. The molecule has 0 aliphatic rings. The Morgan fingerprint density at radius 3 is 2.45 bits per heavy atom. The fraction of sp³-hybridized carbons (Fsp3) is 0.0909. The van der Waals surface area contributed by atoms with Crippen LogP contribution in [0, 0.1) is 5.82 Å². The molecule has 0 atom stereocenters. The number of halogens is 1. The smallest absolute Gasteiger partial charge is 0.267 e. The average Bonchev–Trinajstić information content (AvgIpc) is 3.49. The first-order valence-electron chi connectivity index (χ1n) is 9.79. The summed E-state index contributed by atoms with van der Waals surface area (Å²) in [5, 5.41) is 22.8. The summed E-state index contributed by atoms with van der Waals surface area (Å²) in [6, 6.07) is 13.9. The van der Waals surface area contributed by atoms with Gasteiger partial charge in [-0.2, -0.15) is 5.21 Å². The fourth-order valence-electron chi connectivity index (χ4n) is 3.22. The van der Waals surface area contributed by atoms with E-state index in [2.05, 4.69) is 20.6 Å². The number of nitrogens with one attached hydrogen (secondary N) is 1. The number of aliphatic hydroxyl groups excluding tert-OH is 1. The molecular formula is C22H18FN5O4S. The van der Waals surface area contributed by atoms with Gasteiger partial charge in [0.1, 0.15) is 5.82 Å². The quantitative estimate of drug-likeness (QED) is 0.231. The molecule has 2 N–H and O–H groups in total. The Balaban J connectivity index is 1.71. The van der Waals surface area contributed by atoms with Crippen molar-refractivity contribution in [3.8, 4) is 0 Å². The van der Waals surface area contributed by atoms with Crippen LogP contribution in [0.5, 0.6) is 0 Å². The number of carbonyl (C=O) groups excluding carboxylic acids is 1. The maximum absolute atomic E-state index is 13.3. The van der Waals surface area contributed by atoms with E-state index in [1.165, 1.54) is 12.4 Å². The Kier molecular flexibility index (Phi) is 6.13. The number of carbonyl (C=O) groups is 1. The van der Waals surface area contributed by atoms with Gasteiger partial charge in [-0.25, -0.2) is 16.8 Å². The van der Waals surface area contributed by atoms with Crippen LogP contribution >= 0.6 is 0 Å². The molecular weight excluding hydrogens is 449 g/mol. The number of H-pyrrole nitrogens is 1. The Labute approximate surface area is 188 Å². The number of nitrogens with zero attached hydrogens (tertiary/aromatic N) is 4. The number of allylic oxidation sites excluding steroid dienone is 1. The molecule has 0 radical (unpaired) electrons. The average molecular weight is 467 g/mol. The predicted molar refractivity (Wildman–Crippen MR) is 116 cm³/mol. The first-order valence-corrected chi connectivity index (χ1v) is 11.2. The number of aromatic nitrogens is 5. The SMILES string of the molecule is O=C(C=C(O)c1nn[nH]n1)c1cn(S(=O)(=O)c2ccc(F)cc2)cc1CCc1ccccc1. The molecule has 0 aliphatic carbocycles. The molecule has 0 spiro atoms. The number of aliphatic hydroxyl groups is 1. The van der Waals surface area contributed by atoms with E-state index in [-0.39, 0.29) is 16.3 Å². The third-order valence-corrected chi connectivity index (χ3v) is 6.54. The molecule has 0 bridgehead atoms. The minimum Gasteiger partial charge on any atom is -0.504 e. The van der Waals surface area contributed by atoms with Gasteiger partial charge in [-0.15, -0.1) is 10.2 Å². The van der Waals surface area contributed by atoms with Crippen LogP contribution in [0.2, 0.25) is 0 Å². The van der Waals surface area contributed by atoms with Crippen molar-refractivity contribution in [2.75, 3.05) is 0 Å². The van der Waals surface area contributed by atoms with Crippen LogP contribution in [-0.4, -0.2) is 43.9 Å². The maximum atomic E-state index is 13.3. The monoisotopic (exact) mass is 467 g/mol. The standard InChI is InChI=1S/C22H18FN5O4S/c23-17-8-10-18(11-9-17)33(31,32)28-13-16(7-6-15-4-2-1-3-5-15)19(14-28)20(29)12-21(30)22-24-26-27-25-22/h1-5,8-14,30H,6-7H2,(H,24,25,26,27). The van der Waals surface area contributed by atoms with Crippen LogP contribution < -0.4 is 0 Å². The zero-order chi connectivity index (χ0) is 23.4. The first kappa shape index (κ1) is 22.1. The normalized spacial score (nSPS) is 12.1. The summed E-state index contributed by atoms with van der Waals surface area (Å²) in [6.07, 6.45) is 4.37. The van der Waals surface area contributed by atoms with Gasteiger partial charge >= 0.3 is 0 Å². The van der Waals surface area contributed by atoms with Crippen molar-refractivity contribution < 1.29 is 22.7 Å². The van der Waals surface area contributed by atoms with Gasteiger partial charge in [0.05, 0.1) is 4.90 Å². The van der Waals surface area contributed by atoms with Crippen LogP contribution in [0.4, 0.5) is 4.39 Å². The van der Waals surface area contributed by atoms with E-state index in [4.69, 9.17) is 0 Å². The second-order valence-corrected chi connectivity index (χ2v) is 8.94. The lowest BCUT2D eigenvalue weighted by molar-refractivity contribution is 0.104. The van der Waals surface area contributed by atoms with E-state index in [1.807, 2.05) is 30.3 Å². The van der Waals surface area contributed by atoms with Crippen LogP contribution in [0.1, 0.15) is 27.3 Å². The summed E-state index contributed by atoms with van der Waals surface area (Å²) in [6.45, 7) is 0. The summed E-state index contributed by atoms with van der Waals surface area (Å²) in [5.74, 6) is -1.89. The molecule has 4 rings (SSSR count). The molecule has 33 heavy (non-hydrogen) atoms. The molecule has 9 nitrogen and oxygen atoms in total. The number of hydrogen-bond donors (Lipinski definition) is 2. The van der Waals surface area contributed by atoms with Crippen LogP contribution in [0.3, 0.4) is 0 Å². The van der Waals surface area contributed by atoms with Crippen molar-refractivity contribution in [3.05, 3.63) is 101 Å². The lowest BCUT2D eigenvalue weighted by Gasteiger charge is -2.05. The van der Waals surface area contributed by atoms with E-state index < -0.39 is 27.4 Å². The zero-order valence-electron chi connectivity index (χ0n) is 17.1. The van der Waals surface area contributed by atoms with Crippen molar-refractivity contribution in [1.29, 1.82) is 0 Å². The Hall–Kier alpha value is -4.12. The molecule has 2 heterocycles. The van der Waals surface area contributed by atoms with Gasteiger partial charge in [0, 0.05) is 24.0 Å². The molecule has 0 fully saturated rings. The van der Waals surface area contributed by atoms with E-state index in [1.54, 1.807) is 0 Å². The van der Waals surface area contributed by atoms with E-state index in [9.17, 15) is 22.7 Å². The molecule has 2 aromatic heterocycles. The van der Waals surface area contributed by atoms with Crippen LogP contribution in [0.15, 0.2) is 78.0 Å². The van der Waals surface area contributed by atoms with Gasteiger partial charge in [-0.05, 0) is 53.4 Å². The number of aromatic amines is 1. The number of rotatable bonds is 8. The summed E-state index contributed by atoms with van der Waals surface area (Å²) in [7, 11) is -4.07. The van der Waals surface area contributed by atoms with Crippen molar-refractivity contribution >= 4 is 21.6 Å². The molecule has 0 amide bonds. The summed E-state index contributed by atoms with van der Waals surface area (Å²) in [4.78, 5) is 12.8. The minimum atomic E-state index is -4.07. The van der Waals surface area contributed by atoms with Gasteiger partial charge < -0.3 is 5.11 Å². The molecule has 168 valence electrons. The van der Waals surface area contributed by atoms with Gasteiger partial charge in [-0.3, -0.25) is 4.79 Å². The summed E-state index contributed by atoms with van der Waals surface area (Å²) < 4.78 is 40.3. The first-order chi connectivity index (χ1) is 15.8. The Bertz CT molecular complexity index is 1400. The molecule has 0 aliphatic heterocycles. The highest BCUT2D eigenvalue weighted by molar-refractivity contribution is 7.90. The largest absolute Gasteiger partial charge is 0.504 e. The Morgan fingerprint density at radius 1 is 1.06 bits per heavy atom. The second-order valence-electron chi connectivity index (χ2n) is 7.10. The van der Waals surface area contributed by atoms with Crippen LogP contribution in [0.25, 0.3) is 5.76 Å². The highest BCUT2D eigenvalue weighted by Crippen LogP contribution is 2.22. The lowest BCUT2D eigenvalue weighted by Crippen LogP contribution is -2.11. The number of hydrogen-bond acceptors (Lipinski definition) is 7. The number of aryl methyl sites for hydroxylation is 2.